The lowest BCUT2D eigenvalue weighted by atomic mass is 9.99. The number of aromatic hydroxyl groups is 1. The number of hydrogen-bond donors (Lipinski definition) is 4. The fourth-order valence-electron chi connectivity index (χ4n) is 3.07. The van der Waals surface area contributed by atoms with Crippen LogP contribution in [-0.4, -0.2) is 56.9 Å². The maximum atomic E-state index is 13.6. The highest BCUT2D eigenvalue weighted by molar-refractivity contribution is 7.80. The third-order valence-electron chi connectivity index (χ3n) is 4.19. The summed E-state index contributed by atoms with van der Waals surface area (Å²) in [5.41, 5.74) is -0.831. The molecule has 0 aromatic heterocycles. The molecule has 2 atom stereocenters. The second kappa shape index (κ2) is 10.9. The van der Waals surface area contributed by atoms with Crippen molar-refractivity contribution in [3.63, 3.8) is 0 Å². The van der Waals surface area contributed by atoms with Gasteiger partial charge in [-0.05, 0) is 73.1 Å². The summed E-state index contributed by atoms with van der Waals surface area (Å²) in [6, 6.07) is 3.78. The van der Waals surface area contributed by atoms with Crippen molar-refractivity contribution < 1.29 is 24.2 Å². The predicted molar refractivity (Wildman–Crippen MR) is 128 cm³/mol. The highest BCUT2D eigenvalue weighted by Gasteiger charge is 2.38. The molecular formula is C23H37N3O5S. The molecule has 0 saturated heterocycles. The number of carbonyl (C=O) groups excluding carboxylic acids is 3. The number of nitrogens with one attached hydrogen (secondary N) is 2. The lowest BCUT2D eigenvalue weighted by Gasteiger charge is -2.38. The molecule has 1 rings (SSSR count). The molecule has 0 heterocycles. The summed E-state index contributed by atoms with van der Waals surface area (Å²) in [5, 5.41) is 15.5. The van der Waals surface area contributed by atoms with Gasteiger partial charge in [0.15, 0.2) is 0 Å². The Balaban J connectivity index is 3.38. The monoisotopic (exact) mass is 467 g/mol. The van der Waals surface area contributed by atoms with E-state index in [9.17, 15) is 19.5 Å². The van der Waals surface area contributed by atoms with E-state index in [-0.39, 0.29) is 11.5 Å². The molecule has 32 heavy (non-hydrogen) atoms. The van der Waals surface area contributed by atoms with Gasteiger partial charge in [-0.25, -0.2) is 4.79 Å². The number of rotatable bonds is 7. The first-order valence-electron chi connectivity index (χ1n) is 10.6. The lowest BCUT2D eigenvalue weighted by molar-refractivity contribution is -0.144. The fraction of sp³-hybridized carbons (Fsp3) is 0.609. The van der Waals surface area contributed by atoms with Crippen LogP contribution in [0.2, 0.25) is 0 Å². The van der Waals surface area contributed by atoms with Gasteiger partial charge < -0.3 is 25.4 Å². The zero-order valence-electron chi connectivity index (χ0n) is 20.2. The summed E-state index contributed by atoms with van der Waals surface area (Å²) in [6.07, 6.45) is -0.748. The van der Waals surface area contributed by atoms with E-state index in [1.165, 1.54) is 17.0 Å². The third-order valence-corrected chi connectivity index (χ3v) is 4.56. The van der Waals surface area contributed by atoms with Crippen molar-refractivity contribution in [2.45, 2.75) is 84.7 Å². The second-order valence-corrected chi connectivity index (χ2v) is 10.3. The van der Waals surface area contributed by atoms with Gasteiger partial charge >= 0.3 is 6.09 Å². The number of ether oxygens (including phenoxy) is 1. The van der Waals surface area contributed by atoms with Crippen LogP contribution in [0.4, 0.5) is 4.79 Å². The molecule has 1 aromatic rings. The summed E-state index contributed by atoms with van der Waals surface area (Å²) in [5.74, 6) is -0.905. The Morgan fingerprint density at radius 1 is 1.12 bits per heavy atom. The average molecular weight is 468 g/mol. The number of thiol groups is 1. The summed E-state index contributed by atoms with van der Waals surface area (Å²) in [7, 11) is 0. The molecule has 0 aliphatic rings. The van der Waals surface area contributed by atoms with Gasteiger partial charge in [0.25, 0.3) is 0 Å². The number of hydrogen-bond acceptors (Lipinski definition) is 6. The fourth-order valence-corrected chi connectivity index (χ4v) is 3.31. The van der Waals surface area contributed by atoms with Crippen molar-refractivity contribution in [3.05, 3.63) is 29.8 Å². The van der Waals surface area contributed by atoms with Gasteiger partial charge in [-0.3, -0.25) is 9.59 Å². The Kier molecular flexibility index (Phi) is 9.44. The Bertz CT molecular complexity index is 815. The van der Waals surface area contributed by atoms with E-state index in [0.29, 0.717) is 5.56 Å². The minimum atomic E-state index is -1.03. The van der Waals surface area contributed by atoms with Crippen LogP contribution >= 0.6 is 12.6 Å². The van der Waals surface area contributed by atoms with Crippen LogP contribution in [0.3, 0.4) is 0 Å². The van der Waals surface area contributed by atoms with E-state index in [0.717, 1.165) is 0 Å². The number of alkyl carbamates (subject to hydrolysis) is 1. The highest BCUT2D eigenvalue weighted by atomic mass is 32.1. The van der Waals surface area contributed by atoms with Gasteiger partial charge in [0.05, 0.1) is 0 Å². The number of nitrogens with zero attached hydrogens (tertiary/aromatic N) is 1. The molecular weight excluding hydrogens is 430 g/mol. The van der Waals surface area contributed by atoms with Crippen LogP contribution in [0.15, 0.2) is 24.3 Å². The Hall–Kier alpha value is -2.42. The van der Waals surface area contributed by atoms with E-state index >= 15 is 0 Å². The number of benzene rings is 1. The predicted octanol–water partition coefficient (Wildman–Crippen LogP) is 3.41. The number of amides is 3. The van der Waals surface area contributed by atoms with Crippen molar-refractivity contribution in [3.8, 4) is 5.75 Å². The van der Waals surface area contributed by atoms with Gasteiger partial charge in [-0.15, -0.1) is 0 Å². The molecule has 3 amide bonds. The summed E-state index contributed by atoms with van der Waals surface area (Å²) in [6.45, 7) is 14.2. The van der Waals surface area contributed by atoms with E-state index in [1.807, 2.05) is 20.8 Å². The molecule has 0 aliphatic carbocycles. The van der Waals surface area contributed by atoms with Crippen LogP contribution < -0.4 is 10.6 Å². The topological polar surface area (TPSA) is 108 Å². The minimum Gasteiger partial charge on any atom is -0.508 e. The molecule has 1 aromatic carbocycles. The molecule has 8 nitrogen and oxygen atoms in total. The normalized spacial score (nSPS) is 13.8. The first-order chi connectivity index (χ1) is 14.6. The summed E-state index contributed by atoms with van der Waals surface area (Å²) in [4.78, 5) is 40.6. The van der Waals surface area contributed by atoms with Crippen molar-refractivity contribution in [1.82, 2.24) is 15.5 Å². The largest absolute Gasteiger partial charge is 0.508 e. The van der Waals surface area contributed by atoms with Gasteiger partial charge in [-0.1, -0.05) is 12.1 Å². The van der Waals surface area contributed by atoms with E-state index < -0.39 is 47.2 Å². The quantitative estimate of drug-likeness (QED) is 0.460. The molecule has 0 saturated carbocycles. The molecule has 0 fully saturated rings. The first-order valence-corrected chi connectivity index (χ1v) is 11.2. The van der Waals surface area contributed by atoms with E-state index in [2.05, 4.69) is 23.3 Å². The second-order valence-electron chi connectivity index (χ2n) is 9.96. The lowest BCUT2D eigenvalue weighted by Crippen LogP contribution is -2.57. The summed E-state index contributed by atoms with van der Waals surface area (Å²) >= 11 is 4.24. The molecule has 2 unspecified atom stereocenters. The number of phenols is 1. The van der Waals surface area contributed by atoms with Gasteiger partial charge in [-0.2, -0.15) is 12.6 Å². The smallest absolute Gasteiger partial charge is 0.408 e. The number of phenolic OH excluding ortho intramolecular Hbond substituents is 1. The van der Waals surface area contributed by atoms with E-state index in [4.69, 9.17) is 4.74 Å². The average Bonchev–Trinajstić information content (AvgIpc) is 2.60. The molecule has 3 N–H and O–H groups in total. The molecule has 0 bridgehead atoms. The van der Waals surface area contributed by atoms with Gasteiger partial charge in [0, 0.05) is 17.3 Å². The Labute approximate surface area is 196 Å². The van der Waals surface area contributed by atoms with Crippen molar-refractivity contribution in [1.29, 1.82) is 0 Å². The number of carbonyl (C=O) groups is 3. The standard InChI is InChI=1S/C23H37N3O5S/c1-14(2)26(20(29)17(13-32)24-21(30)31-23(6,7)8)18(19(28)25-22(3,4)5)15-10-9-11-16(27)12-15/h9-12,14,17-18,27,32H,13H2,1-8H3,(H,24,30)(H,25,28). The third kappa shape index (κ3) is 8.61. The Morgan fingerprint density at radius 3 is 2.16 bits per heavy atom. The van der Waals surface area contributed by atoms with Crippen molar-refractivity contribution >= 4 is 30.5 Å². The maximum Gasteiger partial charge on any atom is 0.408 e. The van der Waals surface area contributed by atoms with Crippen LogP contribution in [-0.2, 0) is 14.3 Å². The summed E-state index contributed by atoms with van der Waals surface area (Å²) < 4.78 is 5.27. The zero-order valence-corrected chi connectivity index (χ0v) is 21.1. The van der Waals surface area contributed by atoms with Crippen molar-refractivity contribution in [2.24, 2.45) is 0 Å². The molecule has 0 spiro atoms. The maximum absolute atomic E-state index is 13.6. The van der Waals surface area contributed by atoms with Crippen LogP contribution in [0.1, 0.15) is 67.0 Å². The van der Waals surface area contributed by atoms with Gasteiger partial charge in [0.2, 0.25) is 11.8 Å². The highest BCUT2D eigenvalue weighted by Crippen LogP contribution is 2.28. The minimum absolute atomic E-state index is 0.00887. The molecule has 180 valence electrons. The van der Waals surface area contributed by atoms with Crippen molar-refractivity contribution in [2.75, 3.05) is 5.75 Å². The Morgan fingerprint density at radius 2 is 1.72 bits per heavy atom. The van der Waals surface area contributed by atoms with E-state index in [1.54, 1.807) is 46.8 Å². The molecule has 9 heteroatoms. The molecule has 0 radical (unpaired) electrons. The van der Waals surface area contributed by atoms with Crippen LogP contribution in [0, 0.1) is 0 Å². The van der Waals surface area contributed by atoms with Crippen LogP contribution in [0.25, 0.3) is 0 Å². The zero-order chi connectivity index (χ0) is 24.9. The molecule has 0 aliphatic heterocycles. The van der Waals surface area contributed by atoms with Crippen LogP contribution in [0.5, 0.6) is 5.75 Å². The first kappa shape index (κ1) is 27.6. The SMILES string of the molecule is CC(C)N(C(=O)C(CS)NC(=O)OC(C)(C)C)C(C(=O)NC(C)(C)C)c1cccc(O)c1. The van der Waals surface area contributed by atoms with Gasteiger partial charge in [0.1, 0.15) is 23.4 Å².